The van der Waals surface area contributed by atoms with Gasteiger partial charge in [0.15, 0.2) is 0 Å². The average molecular weight is 271 g/mol. The molecule has 2 aliphatic rings. The van der Waals surface area contributed by atoms with Crippen molar-refractivity contribution in [1.29, 1.82) is 0 Å². The largest absolute Gasteiger partial charge is 0.380 e. The maximum Gasteiger partial charge on any atom is 0.0823 e. The Labute approximate surface area is 112 Å². The van der Waals surface area contributed by atoms with E-state index in [2.05, 4.69) is 10.2 Å². The summed E-state index contributed by atoms with van der Waals surface area (Å²) < 4.78 is 0. The molecule has 1 aliphatic heterocycles. The van der Waals surface area contributed by atoms with E-state index in [1.54, 1.807) is 0 Å². The monoisotopic (exact) mass is 270 g/mol. The van der Waals surface area contributed by atoms with Crippen molar-refractivity contribution in [3.63, 3.8) is 0 Å². The van der Waals surface area contributed by atoms with Crippen molar-refractivity contribution in [2.45, 2.75) is 31.3 Å². The van der Waals surface area contributed by atoms with Gasteiger partial charge in [-0.05, 0) is 31.4 Å². The Morgan fingerprint density at radius 1 is 1.18 bits per heavy atom. The third-order valence-electron chi connectivity index (χ3n) is 3.59. The summed E-state index contributed by atoms with van der Waals surface area (Å²) in [6.45, 7) is 2.34. The molecule has 17 heavy (non-hydrogen) atoms. The van der Waals surface area contributed by atoms with Crippen LogP contribution in [-0.4, -0.2) is 30.1 Å². The lowest BCUT2D eigenvalue weighted by molar-refractivity contribution is 0.326. The van der Waals surface area contributed by atoms with Crippen molar-refractivity contribution < 1.29 is 0 Å². The fourth-order valence-corrected chi connectivity index (χ4v) is 2.87. The van der Waals surface area contributed by atoms with Gasteiger partial charge in [0.1, 0.15) is 0 Å². The van der Waals surface area contributed by atoms with Gasteiger partial charge >= 0.3 is 0 Å². The zero-order valence-electron chi connectivity index (χ0n) is 9.63. The van der Waals surface area contributed by atoms with Crippen LogP contribution in [0.5, 0.6) is 0 Å². The predicted molar refractivity (Wildman–Crippen MR) is 73.1 cm³/mol. The van der Waals surface area contributed by atoms with Gasteiger partial charge in [-0.3, -0.25) is 4.90 Å². The molecule has 3 rings (SSSR count). The first-order chi connectivity index (χ1) is 8.24. The van der Waals surface area contributed by atoms with Crippen LogP contribution in [0.4, 0.5) is 5.69 Å². The lowest BCUT2D eigenvalue weighted by atomic mass is 10.2. The van der Waals surface area contributed by atoms with Gasteiger partial charge in [0.05, 0.1) is 15.7 Å². The summed E-state index contributed by atoms with van der Waals surface area (Å²) in [7, 11) is 0. The van der Waals surface area contributed by atoms with Crippen LogP contribution in [0.1, 0.15) is 19.3 Å². The van der Waals surface area contributed by atoms with Crippen molar-refractivity contribution in [3.05, 3.63) is 28.2 Å². The fourth-order valence-electron chi connectivity index (χ4n) is 2.51. The zero-order chi connectivity index (χ0) is 11.8. The lowest BCUT2D eigenvalue weighted by Gasteiger charge is -2.17. The topological polar surface area (TPSA) is 15.3 Å². The van der Waals surface area contributed by atoms with Gasteiger partial charge in [-0.15, -0.1) is 0 Å². The van der Waals surface area contributed by atoms with Crippen molar-refractivity contribution in [2.24, 2.45) is 0 Å². The van der Waals surface area contributed by atoms with E-state index in [9.17, 15) is 0 Å². The smallest absolute Gasteiger partial charge is 0.0823 e. The number of nitrogens with zero attached hydrogens (tertiary/aromatic N) is 1. The van der Waals surface area contributed by atoms with E-state index >= 15 is 0 Å². The molecule has 1 aliphatic carbocycles. The minimum Gasteiger partial charge on any atom is -0.380 e. The molecular formula is C13H16Cl2N2. The minimum absolute atomic E-state index is 0.506. The molecule has 1 heterocycles. The molecule has 92 valence electrons. The average Bonchev–Trinajstić information content (AvgIpc) is 3.06. The quantitative estimate of drug-likeness (QED) is 0.902. The van der Waals surface area contributed by atoms with Crippen LogP contribution >= 0.6 is 23.2 Å². The summed E-state index contributed by atoms with van der Waals surface area (Å²) in [5, 5.41) is 4.76. The second kappa shape index (κ2) is 4.68. The number of nitrogens with one attached hydrogen (secondary N) is 1. The third kappa shape index (κ3) is 2.54. The van der Waals surface area contributed by atoms with E-state index in [0.29, 0.717) is 16.1 Å². The molecule has 1 N–H and O–H groups in total. The van der Waals surface area contributed by atoms with E-state index in [1.165, 1.54) is 25.8 Å². The van der Waals surface area contributed by atoms with Gasteiger partial charge in [0.25, 0.3) is 0 Å². The number of benzene rings is 1. The lowest BCUT2D eigenvalue weighted by Crippen LogP contribution is -2.27. The molecule has 1 atom stereocenters. The van der Waals surface area contributed by atoms with Crippen molar-refractivity contribution in [2.75, 3.05) is 18.4 Å². The predicted octanol–water partition coefficient (Wildman–Crippen LogP) is 3.64. The van der Waals surface area contributed by atoms with E-state index in [4.69, 9.17) is 23.2 Å². The second-order valence-electron chi connectivity index (χ2n) is 4.96. The standard InChI is InChI=1S/C13H16Cl2N2/c14-11-2-1-3-12(13(11)15)16-9-6-7-17(8-9)10-4-5-10/h1-3,9-10,16H,4-8H2. The van der Waals surface area contributed by atoms with Crippen molar-refractivity contribution >= 4 is 28.9 Å². The van der Waals surface area contributed by atoms with Crippen molar-refractivity contribution in [1.82, 2.24) is 4.90 Å². The van der Waals surface area contributed by atoms with Gasteiger partial charge in [0, 0.05) is 25.2 Å². The summed E-state index contributed by atoms with van der Waals surface area (Å²) in [5.41, 5.74) is 0.960. The highest BCUT2D eigenvalue weighted by molar-refractivity contribution is 6.43. The Bertz CT molecular complexity index is 418. The summed E-state index contributed by atoms with van der Waals surface area (Å²) in [6, 6.07) is 7.11. The first-order valence-corrected chi connectivity index (χ1v) is 6.94. The maximum atomic E-state index is 6.17. The van der Waals surface area contributed by atoms with E-state index < -0.39 is 0 Å². The summed E-state index contributed by atoms with van der Waals surface area (Å²) in [5.74, 6) is 0. The molecule has 1 saturated heterocycles. The second-order valence-corrected chi connectivity index (χ2v) is 5.74. The molecule has 1 aromatic rings. The molecule has 1 aromatic carbocycles. The number of hydrogen-bond donors (Lipinski definition) is 1. The van der Waals surface area contributed by atoms with Crippen LogP contribution in [0.2, 0.25) is 10.0 Å². The van der Waals surface area contributed by atoms with Crippen LogP contribution < -0.4 is 5.32 Å². The van der Waals surface area contributed by atoms with Crippen LogP contribution in [0.25, 0.3) is 0 Å². The highest BCUT2D eigenvalue weighted by Crippen LogP contribution is 2.33. The minimum atomic E-state index is 0.506. The van der Waals surface area contributed by atoms with Gasteiger partial charge in [-0.2, -0.15) is 0 Å². The number of hydrogen-bond acceptors (Lipinski definition) is 2. The van der Waals surface area contributed by atoms with Crippen LogP contribution in [0, 0.1) is 0 Å². The van der Waals surface area contributed by atoms with Crippen LogP contribution in [-0.2, 0) is 0 Å². The van der Waals surface area contributed by atoms with Gasteiger partial charge in [0.2, 0.25) is 0 Å². The van der Waals surface area contributed by atoms with Crippen LogP contribution in [0.3, 0.4) is 0 Å². The Morgan fingerprint density at radius 3 is 2.76 bits per heavy atom. The number of rotatable bonds is 3. The molecule has 0 radical (unpaired) electrons. The summed E-state index contributed by atoms with van der Waals surface area (Å²) in [4.78, 5) is 2.58. The third-order valence-corrected chi connectivity index (χ3v) is 4.41. The Morgan fingerprint density at radius 2 is 2.00 bits per heavy atom. The number of anilines is 1. The Kier molecular flexibility index (Phi) is 3.20. The molecule has 0 spiro atoms. The van der Waals surface area contributed by atoms with E-state index in [1.807, 2.05) is 18.2 Å². The van der Waals surface area contributed by atoms with E-state index in [0.717, 1.165) is 18.3 Å². The zero-order valence-corrected chi connectivity index (χ0v) is 11.1. The SMILES string of the molecule is Clc1cccc(NC2CCN(C3CC3)C2)c1Cl. The molecular weight excluding hydrogens is 255 g/mol. The maximum absolute atomic E-state index is 6.17. The fraction of sp³-hybridized carbons (Fsp3) is 0.538. The summed E-state index contributed by atoms with van der Waals surface area (Å²) in [6.07, 6.45) is 3.95. The Hall–Kier alpha value is -0.440. The molecule has 2 nitrogen and oxygen atoms in total. The Balaban J connectivity index is 1.65. The highest BCUT2D eigenvalue weighted by atomic mass is 35.5. The van der Waals surface area contributed by atoms with Gasteiger partial charge < -0.3 is 5.32 Å². The first-order valence-electron chi connectivity index (χ1n) is 6.18. The first kappa shape index (κ1) is 11.6. The van der Waals surface area contributed by atoms with Gasteiger partial charge in [-0.25, -0.2) is 0 Å². The molecule has 4 heteroatoms. The molecule has 1 unspecified atom stereocenters. The van der Waals surface area contributed by atoms with E-state index in [-0.39, 0.29) is 0 Å². The molecule has 0 aromatic heterocycles. The molecule has 0 bridgehead atoms. The molecule has 1 saturated carbocycles. The van der Waals surface area contributed by atoms with Gasteiger partial charge in [-0.1, -0.05) is 29.3 Å². The molecule has 2 fully saturated rings. The van der Waals surface area contributed by atoms with Crippen LogP contribution in [0.15, 0.2) is 18.2 Å². The number of halogens is 2. The number of likely N-dealkylation sites (tertiary alicyclic amines) is 1. The highest BCUT2D eigenvalue weighted by Gasteiger charge is 2.34. The van der Waals surface area contributed by atoms with Crippen molar-refractivity contribution in [3.8, 4) is 0 Å². The normalized spacial score (nSPS) is 25.2. The molecule has 0 amide bonds. The summed E-state index contributed by atoms with van der Waals surface area (Å²) >= 11 is 12.2.